The Labute approximate surface area is 144 Å². The van der Waals surface area contributed by atoms with Gasteiger partial charge in [-0.25, -0.2) is 0 Å². The van der Waals surface area contributed by atoms with Gasteiger partial charge in [-0.05, 0) is 17.9 Å². The zero-order chi connectivity index (χ0) is 17.7. The van der Waals surface area contributed by atoms with Gasteiger partial charge in [0.15, 0.2) is 17.1 Å². The van der Waals surface area contributed by atoms with Gasteiger partial charge in [-0.3, -0.25) is 4.79 Å². The summed E-state index contributed by atoms with van der Waals surface area (Å²) in [5, 5.41) is 21.7. The Kier molecular flexibility index (Phi) is 6.24. The van der Waals surface area contributed by atoms with Crippen molar-refractivity contribution in [3.05, 3.63) is 17.5 Å². The van der Waals surface area contributed by atoms with Crippen molar-refractivity contribution in [1.82, 2.24) is 20.1 Å². The normalized spacial score (nSPS) is 13.0. The molecule has 0 saturated heterocycles. The van der Waals surface area contributed by atoms with Crippen LogP contribution in [-0.4, -0.2) is 50.4 Å². The molecule has 0 aliphatic carbocycles. The number of aliphatic hydroxyl groups is 1. The highest BCUT2D eigenvalue weighted by atomic mass is 32.2. The number of hydrogen-bond acceptors (Lipinski definition) is 6. The molecule has 0 fully saturated rings. The van der Waals surface area contributed by atoms with Gasteiger partial charge in [-0.2, -0.15) is 13.2 Å². The molecule has 2 aromatic heterocycles. The Morgan fingerprint density at radius 1 is 1.50 bits per heavy atom. The smallest absolute Gasteiger partial charge is 0.384 e. The monoisotopic (exact) mass is 380 g/mol. The maximum absolute atomic E-state index is 12.1. The number of aromatic nitrogens is 3. The summed E-state index contributed by atoms with van der Waals surface area (Å²) in [6.45, 7) is -0.251. The van der Waals surface area contributed by atoms with E-state index in [-0.39, 0.29) is 12.3 Å². The van der Waals surface area contributed by atoms with E-state index < -0.39 is 24.6 Å². The van der Waals surface area contributed by atoms with Gasteiger partial charge in [0.05, 0.1) is 10.6 Å². The molecule has 2 aromatic rings. The van der Waals surface area contributed by atoms with Gasteiger partial charge < -0.3 is 15.0 Å². The number of nitrogens with zero attached hydrogens (tertiary/aromatic N) is 3. The predicted octanol–water partition coefficient (Wildman–Crippen LogP) is 2.07. The number of hydrogen-bond donors (Lipinski definition) is 2. The molecular formula is C13H15F3N4O2S2. The number of rotatable bonds is 7. The van der Waals surface area contributed by atoms with Crippen LogP contribution >= 0.6 is 23.1 Å². The maximum atomic E-state index is 12.1. The van der Waals surface area contributed by atoms with E-state index in [9.17, 15) is 18.0 Å². The second-order valence-corrected chi connectivity index (χ2v) is 6.72. The van der Waals surface area contributed by atoms with Gasteiger partial charge in [-0.15, -0.1) is 21.5 Å². The van der Waals surface area contributed by atoms with Gasteiger partial charge >= 0.3 is 6.18 Å². The van der Waals surface area contributed by atoms with Gasteiger partial charge in [0.1, 0.15) is 0 Å². The van der Waals surface area contributed by atoms with Crippen LogP contribution in [0.25, 0.3) is 10.7 Å². The zero-order valence-corrected chi connectivity index (χ0v) is 14.2. The number of alkyl halides is 3. The molecule has 24 heavy (non-hydrogen) atoms. The quantitative estimate of drug-likeness (QED) is 0.719. The minimum atomic E-state index is -4.67. The van der Waals surface area contributed by atoms with Gasteiger partial charge in [0.2, 0.25) is 5.91 Å². The summed E-state index contributed by atoms with van der Waals surface area (Å²) >= 11 is 2.65. The fraction of sp³-hybridized carbons (Fsp3) is 0.462. The summed E-state index contributed by atoms with van der Waals surface area (Å²) in [6.07, 6.45) is -7.68. The summed E-state index contributed by atoms with van der Waals surface area (Å²) in [4.78, 5) is 12.6. The summed E-state index contributed by atoms with van der Waals surface area (Å²) < 4.78 is 38.1. The molecule has 2 rings (SSSR count). The number of thioether (sulfide) groups is 1. The average molecular weight is 380 g/mol. The van der Waals surface area contributed by atoms with Crippen LogP contribution in [0.4, 0.5) is 13.2 Å². The fourth-order valence-electron chi connectivity index (χ4n) is 1.75. The van der Waals surface area contributed by atoms with Crippen molar-refractivity contribution in [3.8, 4) is 10.7 Å². The number of halogens is 3. The summed E-state index contributed by atoms with van der Waals surface area (Å²) in [5.74, 6) is 0.245. The van der Waals surface area contributed by atoms with E-state index in [1.165, 1.54) is 11.3 Å². The Morgan fingerprint density at radius 3 is 2.88 bits per heavy atom. The van der Waals surface area contributed by atoms with Crippen molar-refractivity contribution in [3.63, 3.8) is 0 Å². The van der Waals surface area contributed by atoms with Crippen molar-refractivity contribution in [2.75, 3.05) is 12.3 Å². The molecule has 0 bridgehead atoms. The van der Waals surface area contributed by atoms with Crippen LogP contribution in [0.5, 0.6) is 0 Å². The first-order valence-electron chi connectivity index (χ1n) is 6.86. The lowest BCUT2D eigenvalue weighted by Gasteiger charge is -2.14. The first-order chi connectivity index (χ1) is 11.3. The minimum Gasteiger partial charge on any atom is -0.384 e. The lowest BCUT2D eigenvalue weighted by molar-refractivity contribution is -0.205. The largest absolute Gasteiger partial charge is 0.414 e. The third kappa shape index (κ3) is 4.95. The molecule has 1 atom stereocenters. The zero-order valence-electron chi connectivity index (χ0n) is 12.6. The third-order valence-electron chi connectivity index (χ3n) is 3.03. The third-order valence-corrected chi connectivity index (χ3v) is 4.91. The lowest BCUT2D eigenvalue weighted by Crippen LogP contribution is -2.34. The molecule has 132 valence electrons. The topological polar surface area (TPSA) is 80.0 Å². The first-order valence-corrected chi connectivity index (χ1v) is 8.73. The molecule has 0 aliphatic heterocycles. The van der Waals surface area contributed by atoms with E-state index in [2.05, 4.69) is 15.5 Å². The second-order valence-electron chi connectivity index (χ2n) is 4.83. The van der Waals surface area contributed by atoms with Gasteiger partial charge in [0, 0.05) is 13.6 Å². The van der Waals surface area contributed by atoms with E-state index in [0.717, 1.165) is 16.6 Å². The predicted molar refractivity (Wildman–Crippen MR) is 84.7 cm³/mol. The second kappa shape index (κ2) is 7.99. The average Bonchev–Trinajstić information content (AvgIpc) is 3.13. The summed E-state index contributed by atoms with van der Waals surface area (Å²) in [7, 11) is 1.77. The SMILES string of the molecule is Cn1c(SCC(=O)NCC[C@H](O)C(F)(F)F)nnc1-c1cccs1. The minimum absolute atomic E-state index is 0.00146. The highest BCUT2D eigenvalue weighted by Gasteiger charge is 2.37. The van der Waals surface area contributed by atoms with Gasteiger partial charge in [-0.1, -0.05) is 17.8 Å². The Balaban J connectivity index is 1.78. The number of thiophene rings is 1. The highest BCUT2D eigenvalue weighted by molar-refractivity contribution is 7.99. The molecule has 0 saturated carbocycles. The van der Waals surface area contributed by atoms with Crippen molar-refractivity contribution in [2.45, 2.75) is 23.9 Å². The molecule has 0 unspecified atom stereocenters. The molecule has 6 nitrogen and oxygen atoms in total. The van der Waals surface area contributed by atoms with E-state index in [1.54, 1.807) is 11.6 Å². The number of nitrogens with one attached hydrogen (secondary N) is 1. The fourth-order valence-corrected chi connectivity index (χ4v) is 3.24. The van der Waals surface area contributed by atoms with Crippen LogP contribution in [0.2, 0.25) is 0 Å². The molecule has 0 spiro atoms. The molecule has 0 aromatic carbocycles. The van der Waals surface area contributed by atoms with E-state index >= 15 is 0 Å². The van der Waals surface area contributed by atoms with E-state index in [4.69, 9.17) is 5.11 Å². The Morgan fingerprint density at radius 2 is 2.25 bits per heavy atom. The van der Waals surface area contributed by atoms with E-state index in [0.29, 0.717) is 11.0 Å². The molecule has 2 heterocycles. The molecule has 2 N–H and O–H groups in total. The summed E-state index contributed by atoms with van der Waals surface area (Å²) in [5.41, 5.74) is 0. The number of aliphatic hydroxyl groups excluding tert-OH is 1. The van der Waals surface area contributed by atoms with Crippen molar-refractivity contribution < 1.29 is 23.1 Å². The van der Waals surface area contributed by atoms with Crippen molar-refractivity contribution in [1.29, 1.82) is 0 Å². The van der Waals surface area contributed by atoms with Crippen LogP contribution in [0.15, 0.2) is 22.7 Å². The summed E-state index contributed by atoms with van der Waals surface area (Å²) in [6, 6.07) is 3.80. The van der Waals surface area contributed by atoms with Crippen LogP contribution in [-0.2, 0) is 11.8 Å². The van der Waals surface area contributed by atoms with Crippen LogP contribution in [0, 0.1) is 0 Å². The molecule has 0 aliphatic rings. The van der Waals surface area contributed by atoms with Crippen LogP contribution < -0.4 is 5.32 Å². The number of amides is 1. The van der Waals surface area contributed by atoms with Crippen LogP contribution in [0.3, 0.4) is 0 Å². The highest BCUT2D eigenvalue weighted by Crippen LogP contribution is 2.26. The Bertz CT molecular complexity index is 673. The van der Waals surface area contributed by atoms with Crippen LogP contribution in [0.1, 0.15) is 6.42 Å². The van der Waals surface area contributed by atoms with E-state index in [1.807, 2.05) is 17.5 Å². The Hall–Kier alpha value is -1.59. The van der Waals surface area contributed by atoms with Crippen molar-refractivity contribution in [2.24, 2.45) is 7.05 Å². The molecule has 11 heteroatoms. The maximum Gasteiger partial charge on any atom is 0.414 e. The first kappa shape index (κ1) is 18.7. The molecule has 0 radical (unpaired) electrons. The number of carbonyl (C=O) groups is 1. The number of carbonyl (C=O) groups excluding carboxylic acids is 1. The molecule has 1 amide bonds. The lowest BCUT2D eigenvalue weighted by atomic mass is 10.2. The molecular weight excluding hydrogens is 365 g/mol. The standard InChI is InChI=1S/C13H15F3N4O2S2/c1-20-11(8-3-2-6-23-8)18-19-12(20)24-7-10(22)17-5-4-9(21)13(14,15)16/h2-3,6,9,21H,4-5,7H2,1H3,(H,17,22)/t9-/m0/s1. The van der Waals surface area contributed by atoms with Crippen molar-refractivity contribution >= 4 is 29.0 Å². The van der Waals surface area contributed by atoms with Gasteiger partial charge in [0.25, 0.3) is 0 Å².